The van der Waals surface area contributed by atoms with Crippen LogP contribution < -0.4 is 0 Å². The molecule has 2 aliphatic rings. The van der Waals surface area contributed by atoms with Crippen molar-refractivity contribution in [2.75, 3.05) is 0 Å². The van der Waals surface area contributed by atoms with Crippen LogP contribution >= 0.6 is 0 Å². The molecule has 3 rings (SSSR count). The fraction of sp³-hybridized carbons (Fsp3) is 0.733. The molecule has 2 atom stereocenters. The van der Waals surface area contributed by atoms with Gasteiger partial charge >= 0.3 is 11.9 Å². The van der Waals surface area contributed by atoms with Gasteiger partial charge in [-0.1, -0.05) is 38.1 Å². The van der Waals surface area contributed by atoms with E-state index in [1.807, 2.05) is 0 Å². The van der Waals surface area contributed by atoms with E-state index >= 15 is 0 Å². The molecule has 0 aliphatic heterocycles. The van der Waals surface area contributed by atoms with Crippen LogP contribution in [0.25, 0.3) is 0 Å². The van der Waals surface area contributed by atoms with Crippen LogP contribution in [-0.2, 0) is 31.9 Å². The van der Waals surface area contributed by atoms with Crippen molar-refractivity contribution in [2.45, 2.75) is 128 Å². The number of benzene rings is 1. The first-order chi connectivity index (χ1) is 17.4. The molecule has 0 saturated heterocycles. The zero-order valence-corrected chi connectivity index (χ0v) is 22.1. The minimum Gasteiger partial charge on any atom is -0.460 e. The van der Waals surface area contributed by atoms with Gasteiger partial charge in [0.25, 0.3) is 0 Å². The van der Waals surface area contributed by atoms with E-state index < -0.39 is 24.3 Å². The second-order valence-corrected chi connectivity index (χ2v) is 10.8. The highest BCUT2D eigenvalue weighted by Crippen LogP contribution is 2.31. The number of hydrogen-bond acceptors (Lipinski definition) is 4. The highest BCUT2D eigenvalue weighted by molar-refractivity contribution is 5.74. The molecule has 0 N–H and O–H groups in total. The van der Waals surface area contributed by atoms with Crippen LogP contribution in [0.15, 0.2) is 24.3 Å². The van der Waals surface area contributed by atoms with E-state index in [2.05, 4.69) is 24.3 Å². The first kappa shape index (κ1) is 28.6. The summed E-state index contributed by atoms with van der Waals surface area (Å²) in [6, 6.07) is 8.97. The molecule has 0 spiro atoms. The zero-order valence-electron chi connectivity index (χ0n) is 22.1. The van der Waals surface area contributed by atoms with Crippen LogP contribution in [0, 0.1) is 11.8 Å². The topological polar surface area (TPSA) is 52.6 Å². The van der Waals surface area contributed by atoms with Crippen LogP contribution in [0.5, 0.6) is 0 Å². The lowest BCUT2D eigenvalue weighted by Gasteiger charge is -2.29. The second-order valence-electron chi connectivity index (χ2n) is 10.8. The van der Waals surface area contributed by atoms with Crippen molar-refractivity contribution >= 4 is 11.9 Å². The lowest BCUT2D eigenvalue weighted by Crippen LogP contribution is -2.28. The average molecular weight is 507 g/mol. The van der Waals surface area contributed by atoms with Crippen molar-refractivity contribution in [1.29, 1.82) is 0 Å². The lowest BCUT2D eigenvalue weighted by atomic mass is 9.83. The SMILES string of the molecule is CC[C@H](F)C(=O)O[C@H]1CC[C@H](CCc2ccc(CC[C@H]3CC[C@H](OC(=O)[C@@H](F)CC)CC3)cc2)CC1. The Kier molecular flexibility index (Phi) is 11.7. The van der Waals surface area contributed by atoms with Gasteiger partial charge in [0, 0.05) is 0 Å². The Balaban J connectivity index is 1.29. The van der Waals surface area contributed by atoms with Crippen LogP contribution in [0.2, 0.25) is 0 Å². The summed E-state index contributed by atoms with van der Waals surface area (Å²) in [5, 5.41) is 0. The number of halogens is 2. The van der Waals surface area contributed by atoms with Crippen molar-refractivity contribution in [3.8, 4) is 0 Å². The van der Waals surface area contributed by atoms with Crippen molar-refractivity contribution in [3.63, 3.8) is 0 Å². The summed E-state index contributed by atoms with van der Waals surface area (Å²) in [7, 11) is 0. The van der Waals surface area contributed by atoms with Crippen molar-refractivity contribution in [3.05, 3.63) is 35.4 Å². The maximum Gasteiger partial charge on any atom is 0.340 e. The van der Waals surface area contributed by atoms with Crippen molar-refractivity contribution in [1.82, 2.24) is 0 Å². The van der Waals surface area contributed by atoms with Crippen molar-refractivity contribution in [2.24, 2.45) is 11.8 Å². The highest BCUT2D eigenvalue weighted by atomic mass is 19.1. The molecule has 0 bridgehead atoms. The summed E-state index contributed by atoms with van der Waals surface area (Å²) in [6.07, 6.45) is 9.00. The number of esters is 2. The molecule has 2 saturated carbocycles. The van der Waals surface area contributed by atoms with Gasteiger partial charge in [0.05, 0.1) is 0 Å². The molecule has 2 aliphatic carbocycles. The van der Waals surface area contributed by atoms with Gasteiger partial charge in [-0.2, -0.15) is 0 Å². The molecule has 0 unspecified atom stereocenters. The quantitative estimate of drug-likeness (QED) is 0.280. The van der Waals surface area contributed by atoms with Gasteiger partial charge in [0.15, 0.2) is 12.3 Å². The molecule has 36 heavy (non-hydrogen) atoms. The third kappa shape index (κ3) is 9.15. The van der Waals surface area contributed by atoms with Gasteiger partial charge in [0.1, 0.15) is 12.2 Å². The largest absolute Gasteiger partial charge is 0.460 e. The first-order valence-electron chi connectivity index (χ1n) is 14.1. The minimum atomic E-state index is -1.49. The monoisotopic (exact) mass is 506 g/mol. The van der Waals surface area contributed by atoms with E-state index in [0.717, 1.165) is 77.0 Å². The normalized spacial score (nSPS) is 26.1. The third-order valence-electron chi connectivity index (χ3n) is 8.09. The fourth-order valence-corrected chi connectivity index (χ4v) is 5.50. The van der Waals surface area contributed by atoms with Gasteiger partial charge < -0.3 is 9.47 Å². The van der Waals surface area contributed by atoms with Crippen LogP contribution in [-0.4, -0.2) is 36.5 Å². The molecule has 1 aromatic rings. The Hall–Kier alpha value is -1.98. The average Bonchev–Trinajstić information content (AvgIpc) is 2.91. The van der Waals surface area contributed by atoms with E-state index in [1.54, 1.807) is 13.8 Å². The predicted octanol–water partition coefficient (Wildman–Crippen LogP) is 7.25. The molecular weight excluding hydrogens is 462 g/mol. The van der Waals surface area contributed by atoms with Crippen LogP contribution in [0.3, 0.4) is 0 Å². The minimum absolute atomic E-state index is 0.119. The number of alkyl halides is 2. The van der Waals surface area contributed by atoms with Crippen LogP contribution in [0.1, 0.15) is 102 Å². The number of ether oxygens (including phenoxy) is 2. The Morgan fingerprint density at radius 2 is 1.03 bits per heavy atom. The van der Waals surface area contributed by atoms with E-state index in [1.165, 1.54) is 11.1 Å². The zero-order chi connectivity index (χ0) is 25.9. The second kappa shape index (κ2) is 14.7. The molecule has 4 nitrogen and oxygen atoms in total. The van der Waals surface area contributed by atoms with Crippen molar-refractivity contribution < 1.29 is 27.8 Å². The Morgan fingerprint density at radius 3 is 1.33 bits per heavy atom. The number of carbonyl (C=O) groups excluding carboxylic acids is 2. The third-order valence-corrected chi connectivity index (χ3v) is 8.09. The van der Waals surface area contributed by atoms with E-state index in [4.69, 9.17) is 9.47 Å². The van der Waals surface area contributed by atoms with E-state index in [9.17, 15) is 18.4 Å². The lowest BCUT2D eigenvalue weighted by molar-refractivity contribution is -0.158. The molecule has 0 heterocycles. The molecule has 0 amide bonds. The van der Waals surface area contributed by atoms with Gasteiger partial charge in [-0.3, -0.25) is 0 Å². The predicted molar refractivity (Wildman–Crippen MR) is 137 cm³/mol. The summed E-state index contributed by atoms with van der Waals surface area (Å²) in [5.41, 5.74) is 2.71. The molecule has 2 fully saturated rings. The smallest absolute Gasteiger partial charge is 0.340 e. The van der Waals surface area contributed by atoms with Gasteiger partial charge in [-0.15, -0.1) is 0 Å². The molecule has 0 radical (unpaired) electrons. The highest BCUT2D eigenvalue weighted by Gasteiger charge is 2.27. The molecule has 202 valence electrons. The number of hydrogen-bond donors (Lipinski definition) is 0. The Labute approximate surface area is 215 Å². The van der Waals surface area contributed by atoms with Gasteiger partial charge in [-0.05, 0) is 113 Å². The Bertz CT molecular complexity index is 729. The fourth-order valence-electron chi connectivity index (χ4n) is 5.50. The summed E-state index contributed by atoms with van der Waals surface area (Å²) in [5.74, 6) is -0.117. The van der Waals surface area contributed by atoms with E-state index in [-0.39, 0.29) is 25.0 Å². The summed E-state index contributed by atoms with van der Waals surface area (Å²) in [4.78, 5) is 23.3. The molecular formula is C30H44F2O4. The maximum atomic E-state index is 13.4. The molecule has 0 aromatic heterocycles. The van der Waals surface area contributed by atoms with Gasteiger partial charge in [-0.25, -0.2) is 18.4 Å². The first-order valence-corrected chi connectivity index (χ1v) is 14.1. The number of carbonyl (C=O) groups is 2. The number of rotatable bonds is 12. The standard InChI is InChI=1S/C30H44F2O4/c1-3-27(31)29(33)35-25-17-13-23(14-18-25)11-9-21-5-7-22(8-6-21)10-12-24-15-19-26(20-16-24)36-30(34)28(32)4-2/h5-8,23-28H,3-4,9-20H2,1-2H3/t23-,24-,25-,26-,27-,28-/m0/s1. The molecule has 6 heteroatoms. The Morgan fingerprint density at radius 1 is 0.694 bits per heavy atom. The summed E-state index contributed by atoms with van der Waals surface area (Å²) < 4.78 is 37.5. The summed E-state index contributed by atoms with van der Waals surface area (Å²) in [6.45, 7) is 3.31. The maximum absolute atomic E-state index is 13.4. The van der Waals surface area contributed by atoms with E-state index in [0.29, 0.717) is 11.8 Å². The summed E-state index contributed by atoms with van der Waals surface area (Å²) >= 11 is 0. The molecule has 1 aromatic carbocycles. The van der Waals surface area contributed by atoms with Gasteiger partial charge in [0.2, 0.25) is 0 Å². The number of aryl methyl sites for hydroxylation is 2. The van der Waals surface area contributed by atoms with Crippen LogP contribution in [0.4, 0.5) is 8.78 Å².